The molecule has 166 valence electrons. The minimum atomic E-state index is -0.0918. The molecule has 0 spiro atoms. The highest BCUT2D eigenvalue weighted by molar-refractivity contribution is 5.69. The second-order valence-electron chi connectivity index (χ2n) is 8.44. The van der Waals surface area contributed by atoms with Crippen molar-refractivity contribution in [3.63, 3.8) is 0 Å². The molecule has 0 saturated heterocycles. The van der Waals surface area contributed by atoms with Crippen LogP contribution in [0.4, 0.5) is 0 Å². The third-order valence-electron chi connectivity index (χ3n) is 5.88. The van der Waals surface area contributed by atoms with Crippen molar-refractivity contribution in [1.29, 1.82) is 0 Å². The van der Waals surface area contributed by atoms with Crippen LogP contribution in [0.15, 0.2) is 0 Å². The number of hydrogen-bond acceptors (Lipinski definition) is 4. The summed E-state index contributed by atoms with van der Waals surface area (Å²) in [7, 11) is 1.64. The van der Waals surface area contributed by atoms with Gasteiger partial charge in [-0.1, -0.05) is 84.0 Å². The number of ether oxygens (including phenoxy) is 3. The van der Waals surface area contributed by atoms with Gasteiger partial charge in [0.2, 0.25) is 0 Å². The minimum Gasteiger partial charge on any atom is -0.463 e. The maximum Gasteiger partial charge on any atom is 0.305 e. The van der Waals surface area contributed by atoms with Gasteiger partial charge < -0.3 is 14.2 Å². The third-order valence-corrected chi connectivity index (χ3v) is 5.88. The van der Waals surface area contributed by atoms with Gasteiger partial charge in [-0.15, -0.1) is 0 Å². The molecular weight excluding hydrogens is 352 g/mol. The Morgan fingerprint density at radius 1 is 0.750 bits per heavy atom. The lowest BCUT2D eigenvalue weighted by Crippen LogP contribution is -2.12. The van der Waals surface area contributed by atoms with Crippen LogP contribution in [0.2, 0.25) is 0 Å². The number of unbranched alkanes of at least 4 members (excludes halogenated alkanes) is 9. The van der Waals surface area contributed by atoms with Crippen molar-refractivity contribution in [3.8, 4) is 0 Å². The van der Waals surface area contributed by atoms with Gasteiger partial charge in [-0.2, -0.15) is 0 Å². The summed E-state index contributed by atoms with van der Waals surface area (Å²) in [6, 6.07) is 0. The monoisotopic (exact) mass is 398 g/mol. The Bertz CT molecular complexity index is 359. The molecule has 0 unspecified atom stereocenters. The van der Waals surface area contributed by atoms with Crippen LogP contribution in [-0.4, -0.2) is 39.5 Å². The molecule has 0 aromatic heterocycles. The maximum absolute atomic E-state index is 11.6. The van der Waals surface area contributed by atoms with E-state index in [1.54, 1.807) is 7.11 Å². The summed E-state index contributed by atoms with van der Waals surface area (Å²) in [5.41, 5.74) is 0. The summed E-state index contributed by atoms with van der Waals surface area (Å²) in [6.45, 7) is 4.22. The summed E-state index contributed by atoms with van der Waals surface area (Å²) in [5.74, 6) is 2.00. The molecule has 1 saturated carbocycles. The van der Waals surface area contributed by atoms with Crippen LogP contribution in [0, 0.1) is 11.8 Å². The van der Waals surface area contributed by atoms with E-state index in [0.29, 0.717) is 32.8 Å². The lowest BCUT2D eigenvalue weighted by atomic mass is 10.0. The predicted molar refractivity (Wildman–Crippen MR) is 116 cm³/mol. The van der Waals surface area contributed by atoms with E-state index in [2.05, 4.69) is 6.92 Å². The van der Waals surface area contributed by atoms with Gasteiger partial charge in [-0.25, -0.2) is 0 Å². The zero-order chi connectivity index (χ0) is 20.3. The molecule has 0 amide bonds. The molecule has 1 fully saturated rings. The molecule has 0 aromatic rings. The van der Waals surface area contributed by atoms with Crippen molar-refractivity contribution >= 4 is 5.97 Å². The van der Waals surface area contributed by atoms with Crippen molar-refractivity contribution in [3.05, 3.63) is 0 Å². The van der Waals surface area contributed by atoms with Gasteiger partial charge in [0.1, 0.15) is 6.61 Å². The molecule has 0 aliphatic heterocycles. The average molecular weight is 399 g/mol. The Morgan fingerprint density at radius 2 is 1.32 bits per heavy atom. The lowest BCUT2D eigenvalue weighted by molar-refractivity contribution is -0.145. The van der Waals surface area contributed by atoms with Crippen LogP contribution in [0.5, 0.6) is 0 Å². The summed E-state index contributed by atoms with van der Waals surface area (Å²) in [4.78, 5) is 11.6. The molecule has 0 aromatic carbocycles. The maximum atomic E-state index is 11.6. The SMILES string of the molecule is CCCCCCCC[C@@H]1C[C@@H]1CCCCCCCC(=O)OCCOCCOC. The van der Waals surface area contributed by atoms with Crippen LogP contribution in [-0.2, 0) is 19.0 Å². The van der Waals surface area contributed by atoms with Crippen LogP contribution >= 0.6 is 0 Å². The highest BCUT2D eigenvalue weighted by Crippen LogP contribution is 2.45. The second-order valence-corrected chi connectivity index (χ2v) is 8.44. The van der Waals surface area contributed by atoms with Crippen molar-refractivity contribution in [2.75, 3.05) is 33.5 Å². The fourth-order valence-electron chi connectivity index (χ4n) is 3.94. The first-order valence-corrected chi connectivity index (χ1v) is 12.0. The molecule has 0 radical (unpaired) electrons. The van der Waals surface area contributed by atoms with Crippen molar-refractivity contribution in [2.24, 2.45) is 11.8 Å². The summed E-state index contributed by atoms with van der Waals surface area (Å²) in [5, 5.41) is 0. The molecule has 0 bridgehead atoms. The number of carbonyl (C=O) groups excluding carboxylic acids is 1. The summed E-state index contributed by atoms with van der Waals surface area (Å²) < 4.78 is 15.3. The molecule has 1 rings (SSSR count). The van der Waals surface area contributed by atoms with Gasteiger partial charge in [0.15, 0.2) is 0 Å². The van der Waals surface area contributed by atoms with E-state index in [1.807, 2.05) is 0 Å². The quantitative estimate of drug-likeness (QED) is 0.168. The van der Waals surface area contributed by atoms with E-state index in [4.69, 9.17) is 14.2 Å². The standard InChI is InChI=1S/C24H46O4/c1-3-4-5-6-8-11-14-22-21-23(22)15-12-9-7-10-13-16-24(25)28-20-19-27-18-17-26-2/h22-23H,3-21H2,1-2H3/t22-,23+/m1/s1. The van der Waals surface area contributed by atoms with Crippen LogP contribution in [0.3, 0.4) is 0 Å². The number of rotatable bonds is 21. The number of methoxy groups -OCH3 is 1. The number of carbonyl (C=O) groups is 1. The van der Waals surface area contributed by atoms with E-state index in [1.165, 1.54) is 77.0 Å². The smallest absolute Gasteiger partial charge is 0.305 e. The Kier molecular flexibility index (Phi) is 16.7. The summed E-state index contributed by atoms with van der Waals surface area (Å²) in [6.07, 6.45) is 19.6. The van der Waals surface area contributed by atoms with E-state index in [-0.39, 0.29) is 5.97 Å². The fraction of sp³-hybridized carbons (Fsp3) is 0.958. The molecule has 0 N–H and O–H groups in total. The van der Waals surface area contributed by atoms with Crippen LogP contribution in [0.25, 0.3) is 0 Å². The first-order valence-electron chi connectivity index (χ1n) is 12.0. The molecule has 1 aliphatic rings. The number of hydrogen-bond donors (Lipinski definition) is 0. The van der Waals surface area contributed by atoms with Gasteiger partial charge in [0, 0.05) is 13.5 Å². The molecule has 4 heteroatoms. The zero-order valence-electron chi connectivity index (χ0n) is 18.7. The molecule has 2 atom stereocenters. The number of esters is 1. The van der Waals surface area contributed by atoms with Crippen LogP contribution < -0.4 is 0 Å². The Morgan fingerprint density at radius 3 is 1.96 bits per heavy atom. The van der Waals surface area contributed by atoms with Crippen molar-refractivity contribution in [1.82, 2.24) is 0 Å². The molecule has 4 nitrogen and oxygen atoms in total. The molecular formula is C24H46O4. The predicted octanol–water partition coefficient (Wildman–Crippen LogP) is 6.31. The first-order chi connectivity index (χ1) is 13.8. The van der Waals surface area contributed by atoms with Crippen LogP contribution in [0.1, 0.15) is 103 Å². The average Bonchev–Trinajstić information content (AvgIpc) is 3.44. The second kappa shape index (κ2) is 18.4. The normalized spacial score (nSPS) is 18.4. The van der Waals surface area contributed by atoms with Gasteiger partial charge in [0.25, 0.3) is 0 Å². The van der Waals surface area contributed by atoms with Crippen molar-refractivity contribution in [2.45, 2.75) is 103 Å². The van der Waals surface area contributed by atoms with E-state index < -0.39 is 0 Å². The van der Waals surface area contributed by atoms with E-state index in [0.717, 1.165) is 24.7 Å². The highest BCUT2D eigenvalue weighted by atomic mass is 16.6. The van der Waals surface area contributed by atoms with Crippen molar-refractivity contribution < 1.29 is 19.0 Å². The topological polar surface area (TPSA) is 44.8 Å². The van der Waals surface area contributed by atoms with Gasteiger partial charge in [-0.3, -0.25) is 4.79 Å². The minimum absolute atomic E-state index is 0.0918. The molecule has 1 aliphatic carbocycles. The third kappa shape index (κ3) is 15.3. The van der Waals surface area contributed by atoms with E-state index in [9.17, 15) is 4.79 Å². The Labute approximate surface area is 174 Å². The Balaban J connectivity index is 1.76. The Hall–Kier alpha value is -0.610. The molecule has 28 heavy (non-hydrogen) atoms. The largest absolute Gasteiger partial charge is 0.463 e. The zero-order valence-corrected chi connectivity index (χ0v) is 18.7. The first kappa shape index (κ1) is 25.4. The van der Waals surface area contributed by atoms with Gasteiger partial charge in [-0.05, 0) is 24.7 Å². The van der Waals surface area contributed by atoms with Gasteiger partial charge >= 0.3 is 5.97 Å². The fourth-order valence-corrected chi connectivity index (χ4v) is 3.94. The molecule has 0 heterocycles. The lowest BCUT2D eigenvalue weighted by Gasteiger charge is -2.06. The van der Waals surface area contributed by atoms with E-state index >= 15 is 0 Å². The van der Waals surface area contributed by atoms with Gasteiger partial charge in [0.05, 0.1) is 19.8 Å². The highest BCUT2D eigenvalue weighted by Gasteiger charge is 2.34. The summed E-state index contributed by atoms with van der Waals surface area (Å²) >= 11 is 0.